The lowest BCUT2D eigenvalue weighted by molar-refractivity contribution is -0.394. The smallest absolute Gasteiger partial charge is 0.338 e. The van der Waals surface area contributed by atoms with Crippen LogP contribution in [0.3, 0.4) is 0 Å². The normalized spacial score (nSPS) is 20.0. The minimum atomic E-state index is -0.761. The van der Waals surface area contributed by atoms with Gasteiger partial charge in [-0.15, -0.1) is 0 Å². The minimum absolute atomic E-state index is 0.158. The van der Waals surface area contributed by atoms with Gasteiger partial charge in [-0.05, 0) is 31.6 Å². The van der Waals surface area contributed by atoms with Gasteiger partial charge in [0.25, 0.3) is 11.4 Å². The van der Waals surface area contributed by atoms with Crippen molar-refractivity contribution in [2.45, 2.75) is 58.0 Å². The van der Waals surface area contributed by atoms with Crippen molar-refractivity contribution in [3.8, 4) is 0 Å². The highest BCUT2D eigenvalue weighted by molar-refractivity contribution is 5.91. The van der Waals surface area contributed by atoms with Crippen LogP contribution in [-0.2, 0) is 4.74 Å². The zero-order valence-corrected chi connectivity index (χ0v) is 14.2. The molecule has 1 fully saturated rings. The Bertz CT molecular complexity index is 620. The summed E-state index contributed by atoms with van der Waals surface area (Å²) in [6.07, 6.45) is 6.83. The molecule has 1 saturated carbocycles. The number of hydrogen-bond acceptors (Lipinski definition) is 6. The zero-order valence-electron chi connectivity index (χ0n) is 14.2. The van der Waals surface area contributed by atoms with E-state index in [1.54, 1.807) is 0 Å². The third-order valence-electron chi connectivity index (χ3n) is 4.59. The van der Waals surface area contributed by atoms with Crippen LogP contribution >= 0.6 is 0 Å². The Balaban J connectivity index is 2.01. The van der Waals surface area contributed by atoms with Crippen LogP contribution in [0.1, 0.15) is 62.2 Å². The largest absolute Gasteiger partial charge is 0.459 e. The Morgan fingerprint density at radius 3 is 2.12 bits per heavy atom. The van der Waals surface area contributed by atoms with Crippen molar-refractivity contribution < 1.29 is 19.4 Å². The molecule has 0 radical (unpaired) electrons. The Morgan fingerprint density at radius 2 is 1.64 bits per heavy atom. The second kappa shape index (κ2) is 8.55. The Kier molecular flexibility index (Phi) is 6.44. The van der Waals surface area contributed by atoms with Gasteiger partial charge in [0, 0.05) is 12.1 Å². The second-order valence-electron chi connectivity index (χ2n) is 6.44. The maximum absolute atomic E-state index is 12.2. The van der Waals surface area contributed by atoms with E-state index in [1.165, 1.54) is 19.3 Å². The molecule has 0 saturated heterocycles. The molecule has 1 aromatic rings. The first kappa shape index (κ1) is 18.8. The molecule has 0 bridgehead atoms. The van der Waals surface area contributed by atoms with Crippen molar-refractivity contribution in [3.63, 3.8) is 0 Å². The number of rotatable bonds is 7. The van der Waals surface area contributed by atoms with Crippen molar-refractivity contribution in [1.82, 2.24) is 0 Å². The van der Waals surface area contributed by atoms with Gasteiger partial charge in [-0.3, -0.25) is 20.2 Å². The highest BCUT2D eigenvalue weighted by atomic mass is 16.6. The molecule has 0 aromatic heterocycles. The van der Waals surface area contributed by atoms with E-state index in [0.717, 1.165) is 43.9 Å². The Hall–Kier alpha value is -2.51. The van der Waals surface area contributed by atoms with Crippen LogP contribution < -0.4 is 0 Å². The fourth-order valence-corrected chi connectivity index (χ4v) is 3.17. The standard InChI is InChI=1S/C17H22N2O6/c1-2-3-4-12-5-7-16(8-6-12)25-17(20)13-9-14(18(21)22)11-15(10-13)19(23)24/h9-12,16H,2-8H2,1H3/t12-,16-. The number of ether oxygens (including phenoxy) is 1. The summed E-state index contributed by atoms with van der Waals surface area (Å²) in [6, 6.07) is 2.86. The van der Waals surface area contributed by atoms with E-state index in [0.29, 0.717) is 5.92 Å². The minimum Gasteiger partial charge on any atom is -0.459 e. The van der Waals surface area contributed by atoms with E-state index in [2.05, 4.69) is 6.92 Å². The molecule has 25 heavy (non-hydrogen) atoms. The van der Waals surface area contributed by atoms with Crippen molar-refractivity contribution in [1.29, 1.82) is 0 Å². The monoisotopic (exact) mass is 350 g/mol. The Labute approximate surface area is 145 Å². The average Bonchev–Trinajstić information content (AvgIpc) is 2.60. The van der Waals surface area contributed by atoms with E-state index >= 15 is 0 Å². The lowest BCUT2D eigenvalue weighted by Gasteiger charge is -2.28. The Morgan fingerprint density at radius 1 is 1.08 bits per heavy atom. The molecule has 8 nitrogen and oxygen atoms in total. The highest BCUT2D eigenvalue weighted by Gasteiger charge is 2.26. The molecule has 8 heteroatoms. The van der Waals surface area contributed by atoms with Gasteiger partial charge in [-0.25, -0.2) is 4.79 Å². The molecular formula is C17H22N2O6. The van der Waals surface area contributed by atoms with E-state index in [-0.39, 0.29) is 11.7 Å². The first-order chi connectivity index (χ1) is 11.9. The number of nitro benzene ring substituents is 2. The van der Waals surface area contributed by atoms with Crippen LogP contribution in [0.5, 0.6) is 0 Å². The molecule has 0 aliphatic heterocycles. The molecule has 0 N–H and O–H groups in total. The molecule has 1 aromatic carbocycles. The lowest BCUT2D eigenvalue weighted by atomic mass is 9.84. The number of non-ortho nitro benzene ring substituents is 2. The number of carbonyl (C=O) groups excluding carboxylic acids is 1. The van der Waals surface area contributed by atoms with E-state index in [9.17, 15) is 25.0 Å². The molecule has 2 rings (SSSR count). The molecule has 1 aliphatic rings. The maximum Gasteiger partial charge on any atom is 0.338 e. The van der Waals surface area contributed by atoms with Crippen molar-refractivity contribution in [2.75, 3.05) is 0 Å². The molecule has 136 valence electrons. The summed E-state index contributed by atoms with van der Waals surface area (Å²) in [5.74, 6) is -0.0855. The number of esters is 1. The summed E-state index contributed by atoms with van der Waals surface area (Å²) < 4.78 is 5.42. The SMILES string of the molecule is CCCC[C@H]1CC[C@H](OC(=O)c2cc([N+](=O)[O-])cc([N+](=O)[O-])c2)CC1. The fraction of sp³-hybridized carbons (Fsp3) is 0.588. The molecule has 0 heterocycles. The van der Waals surface area contributed by atoms with Gasteiger partial charge in [-0.1, -0.05) is 26.2 Å². The summed E-state index contributed by atoms with van der Waals surface area (Å²) >= 11 is 0. The summed E-state index contributed by atoms with van der Waals surface area (Å²) in [6.45, 7) is 2.16. The molecule has 0 atom stereocenters. The predicted octanol–water partition coefficient (Wildman–Crippen LogP) is 4.41. The molecule has 1 aliphatic carbocycles. The summed E-state index contributed by atoms with van der Waals surface area (Å²) in [5.41, 5.74) is -1.15. The third-order valence-corrected chi connectivity index (χ3v) is 4.59. The topological polar surface area (TPSA) is 113 Å². The predicted molar refractivity (Wildman–Crippen MR) is 90.4 cm³/mol. The van der Waals surface area contributed by atoms with Gasteiger partial charge >= 0.3 is 5.97 Å². The number of nitro groups is 2. The van der Waals surface area contributed by atoms with Crippen molar-refractivity contribution in [2.24, 2.45) is 5.92 Å². The number of nitrogens with zero attached hydrogens (tertiary/aromatic N) is 2. The first-order valence-corrected chi connectivity index (χ1v) is 8.55. The quantitative estimate of drug-likeness (QED) is 0.409. The van der Waals surface area contributed by atoms with E-state index in [4.69, 9.17) is 4.74 Å². The van der Waals surface area contributed by atoms with Gasteiger partial charge in [0.05, 0.1) is 21.5 Å². The van der Waals surface area contributed by atoms with Crippen LogP contribution in [0.25, 0.3) is 0 Å². The van der Waals surface area contributed by atoms with Gasteiger partial charge in [-0.2, -0.15) is 0 Å². The average molecular weight is 350 g/mol. The maximum atomic E-state index is 12.2. The van der Waals surface area contributed by atoms with Gasteiger partial charge in [0.1, 0.15) is 6.10 Å². The van der Waals surface area contributed by atoms with Crippen LogP contribution in [0.15, 0.2) is 18.2 Å². The molecule has 0 spiro atoms. The second-order valence-corrected chi connectivity index (χ2v) is 6.44. The highest BCUT2D eigenvalue weighted by Crippen LogP contribution is 2.31. The van der Waals surface area contributed by atoms with Crippen molar-refractivity contribution >= 4 is 17.3 Å². The molecular weight excluding hydrogens is 328 g/mol. The summed E-state index contributed by atoms with van der Waals surface area (Å²) in [7, 11) is 0. The lowest BCUT2D eigenvalue weighted by Crippen LogP contribution is -2.24. The number of benzene rings is 1. The third kappa shape index (κ3) is 5.23. The first-order valence-electron chi connectivity index (χ1n) is 8.55. The van der Waals surface area contributed by atoms with Gasteiger partial charge in [0.15, 0.2) is 0 Å². The van der Waals surface area contributed by atoms with Crippen LogP contribution in [0.4, 0.5) is 11.4 Å². The molecule has 0 unspecified atom stereocenters. The number of unbranched alkanes of at least 4 members (excludes halogenated alkanes) is 1. The van der Waals surface area contributed by atoms with E-state index in [1.807, 2.05) is 0 Å². The summed E-state index contributed by atoms with van der Waals surface area (Å²) in [4.78, 5) is 32.5. The van der Waals surface area contributed by atoms with Gasteiger partial charge in [0.2, 0.25) is 0 Å². The van der Waals surface area contributed by atoms with Crippen LogP contribution in [0.2, 0.25) is 0 Å². The number of hydrogen-bond donors (Lipinski definition) is 0. The van der Waals surface area contributed by atoms with E-state index < -0.39 is 27.2 Å². The zero-order chi connectivity index (χ0) is 18.4. The summed E-state index contributed by atoms with van der Waals surface area (Å²) in [5, 5.41) is 21.8. The van der Waals surface area contributed by atoms with Crippen LogP contribution in [0, 0.1) is 26.1 Å². The molecule has 0 amide bonds. The fourth-order valence-electron chi connectivity index (χ4n) is 3.17. The van der Waals surface area contributed by atoms with Crippen molar-refractivity contribution in [3.05, 3.63) is 44.0 Å². The van der Waals surface area contributed by atoms with Gasteiger partial charge < -0.3 is 4.74 Å². The number of carbonyl (C=O) groups is 1. The van der Waals surface area contributed by atoms with Crippen LogP contribution in [-0.4, -0.2) is 21.9 Å².